The van der Waals surface area contributed by atoms with Crippen molar-refractivity contribution in [3.63, 3.8) is 0 Å². The zero-order valence-corrected chi connectivity index (χ0v) is 12.3. The zero-order chi connectivity index (χ0) is 14.4. The van der Waals surface area contributed by atoms with Crippen LogP contribution in [0.15, 0.2) is 0 Å². The molecule has 2 aliphatic heterocycles. The van der Waals surface area contributed by atoms with Crippen molar-refractivity contribution in [3.05, 3.63) is 0 Å². The third kappa shape index (κ3) is 1.14. The highest BCUT2D eigenvalue weighted by Crippen LogP contribution is 2.68. The van der Waals surface area contributed by atoms with Gasteiger partial charge in [-0.25, -0.2) is 0 Å². The van der Waals surface area contributed by atoms with E-state index in [1.165, 1.54) is 0 Å². The normalized spacial score (nSPS) is 55.5. The summed E-state index contributed by atoms with van der Waals surface area (Å²) in [4.78, 5) is 0. The molecule has 0 aromatic heterocycles. The van der Waals surface area contributed by atoms with Crippen molar-refractivity contribution in [1.82, 2.24) is 0 Å². The van der Waals surface area contributed by atoms with E-state index in [9.17, 15) is 5.11 Å². The van der Waals surface area contributed by atoms with Gasteiger partial charge in [-0.1, -0.05) is 20.8 Å². The summed E-state index contributed by atoms with van der Waals surface area (Å²) in [5.74, 6) is 0. The molecule has 3 atom stereocenters. The summed E-state index contributed by atoms with van der Waals surface area (Å²) in [5.41, 5.74) is -3.74. The van der Waals surface area contributed by atoms with Crippen molar-refractivity contribution >= 4 is 0 Å². The highest BCUT2D eigenvalue weighted by atomic mass is 16.7. The maximum Gasteiger partial charge on any atom is 0.167 e. The van der Waals surface area contributed by atoms with Crippen molar-refractivity contribution in [2.45, 2.75) is 78.5 Å². The van der Waals surface area contributed by atoms with Crippen LogP contribution in [-0.4, -0.2) is 28.2 Å². The summed E-state index contributed by atoms with van der Waals surface area (Å²) in [5, 5.41) is 11.1. The first-order valence-corrected chi connectivity index (χ1v) is 6.29. The van der Waals surface area contributed by atoms with Crippen LogP contribution in [0, 0.1) is 10.8 Å². The Morgan fingerprint density at radius 2 is 1.29 bits per heavy atom. The van der Waals surface area contributed by atoms with Gasteiger partial charge < -0.3 is 14.6 Å². The fraction of sp³-hybridized carbons (Fsp3) is 1.00. The number of fused-ring (bicyclic) bond motifs is 1. The zero-order valence-electron chi connectivity index (χ0n) is 13.3. The Bertz CT molecular complexity index is 366. The van der Waals surface area contributed by atoms with Gasteiger partial charge in [0, 0.05) is 5.41 Å². The Balaban J connectivity index is 2.72. The summed E-state index contributed by atoms with van der Waals surface area (Å²) in [7, 11) is 0. The van der Waals surface area contributed by atoms with Gasteiger partial charge in [-0.3, -0.25) is 0 Å². The number of ether oxygens (including phenoxy) is 2. The predicted molar refractivity (Wildman–Crippen MR) is 66.6 cm³/mol. The highest BCUT2D eigenvalue weighted by Gasteiger charge is 2.77. The second-order valence-electron chi connectivity index (χ2n) is 7.33. The van der Waals surface area contributed by atoms with E-state index in [1.807, 2.05) is 48.5 Å². The maximum absolute atomic E-state index is 11.1. The third-order valence-electron chi connectivity index (χ3n) is 6.01. The van der Waals surface area contributed by atoms with E-state index >= 15 is 0 Å². The van der Waals surface area contributed by atoms with Crippen molar-refractivity contribution in [1.29, 1.82) is 0 Å². The molecule has 0 unspecified atom stereocenters. The average Bonchev–Trinajstić information content (AvgIpc) is 2.27. The molecule has 3 nitrogen and oxygen atoms in total. The van der Waals surface area contributed by atoms with Gasteiger partial charge in [-0.15, -0.1) is 0 Å². The first-order chi connectivity index (χ1) is 7.66. The summed E-state index contributed by atoms with van der Waals surface area (Å²) in [6.45, 7) is 15.3. The number of aliphatic hydroxyl groups is 1. The molecule has 0 bridgehead atoms. The number of hydrogen-bond donors (Lipinski definition) is 1. The molecule has 2 heterocycles. The van der Waals surface area contributed by atoms with E-state index in [4.69, 9.17) is 10.8 Å². The van der Waals surface area contributed by atoms with Gasteiger partial charge in [-0.05, 0) is 34.6 Å². The first kappa shape index (κ1) is 11.9. The molecule has 2 saturated heterocycles. The first-order valence-electron chi connectivity index (χ1n) is 6.79. The molecule has 17 heavy (non-hydrogen) atoms. The Kier molecular flexibility index (Phi) is 2.03. The lowest BCUT2D eigenvalue weighted by molar-refractivity contribution is -0.209. The molecular weight excluding hydrogens is 216 g/mol. The van der Waals surface area contributed by atoms with E-state index < -0.39 is 33.9 Å². The predicted octanol–water partition coefficient (Wildman–Crippen LogP) is 2.71. The quantitative estimate of drug-likeness (QED) is 0.711. The minimum atomic E-state index is -1.52. The van der Waals surface area contributed by atoms with Gasteiger partial charge >= 0.3 is 0 Å². The van der Waals surface area contributed by atoms with Gasteiger partial charge in [0.05, 0.1) is 18.0 Å². The summed E-state index contributed by atoms with van der Waals surface area (Å²) in [6.07, 6.45) is -1.52. The molecule has 3 heteroatoms. The van der Waals surface area contributed by atoms with E-state index in [0.717, 1.165) is 0 Å². The topological polar surface area (TPSA) is 38.7 Å². The number of rotatable bonds is 0. The van der Waals surface area contributed by atoms with Crippen LogP contribution in [0.4, 0.5) is 0 Å². The van der Waals surface area contributed by atoms with Crippen molar-refractivity contribution in [2.24, 2.45) is 10.8 Å². The highest BCUT2D eigenvalue weighted by molar-refractivity contribution is 5.22. The van der Waals surface area contributed by atoms with Crippen molar-refractivity contribution in [3.8, 4) is 0 Å². The molecule has 2 rings (SSSR count). The standard InChI is InChI=1S/C14H26O3/c1-10(2)11(3,4)16-9-13(10,7)14(8,15)12(5,6)17-9/h9,15H,1-8H3/t9-,13+,14+/m1/s1/i9D. The average molecular weight is 243 g/mol. The van der Waals surface area contributed by atoms with Crippen LogP contribution in [0.25, 0.3) is 0 Å². The molecule has 0 spiro atoms. The Hall–Kier alpha value is -0.120. The second kappa shape index (κ2) is 2.89. The fourth-order valence-electron chi connectivity index (χ4n) is 3.18. The van der Waals surface area contributed by atoms with Crippen LogP contribution in [0.1, 0.15) is 56.8 Å². The summed E-state index contributed by atoms with van der Waals surface area (Å²) in [6, 6.07) is 0. The molecule has 0 radical (unpaired) electrons. The molecule has 0 aliphatic carbocycles. The summed E-state index contributed by atoms with van der Waals surface area (Å²) >= 11 is 0. The van der Waals surface area contributed by atoms with Crippen LogP contribution >= 0.6 is 0 Å². The van der Waals surface area contributed by atoms with Gasteiger partial charge in [0.25, 0.3) is 0 Å². The lowest BCUT2D eigenvalue weighted by atomic mass is 9.53. The van der Waals surface area contributed by atoms with E-state index in [1.54, 1.807) is 6.92 Å². The Morgan fingerprint density at radius 3 is 1.71 bits per heavy atom. The molecule has 0 amide bonds. The summed E-state index contributed by atoms with van der Waals surface area (Å²) < 4.78 is 20.4. The van der Waals surface area contributed by atoms with Gasteiger partial charge in [-0.2, -0.15) is 0 Å². The molecule has 2 aliphatic rings. The molecule has 100 valence electrons. The fourth-order valence-corrected chi connectivity index (χ4v) is 3.18. The minimum Gasteiger partial charge on any atom is -0.386 e. The molecule has 2 fully saturated rings. The third-order valence-corrected chi connectivity index (χ3v) is 6.01. The van der Waals surface area contributed by atoms with E-state index in [-0.39, 0.29) is 0 Å². The van der Waals surface area contributed by atoms with E-state index in [2.05, 4.69) is 0 Å². The number of hydrogen-bond acceptors (Lipinski definition) is 3. The molecule has 0 saturated carbocycles. The van der Waals surface area contributed by atoms with Gasteiger partial charge in [0.15, 0.2) is 6.27 Å². The lowest BCUT2D eigenvalue weighted by Crippen LogP contribution is -2.60. The molecule has 1 N–H and O–H groups in total. The van der Waals surface area contributed by atoms with Crippen LogP contribution in [0.2, 0.25) is 0 Å². The lowest BCUT2D eigenvalue weighted by Gasteiger charge is -2.50. The smallest absolute Gasteiger partial charge is 0.167 e. The van der Waals surface area contributed by atoms with Crippen molar-refractivity contribution < 1.29 is 16.0 Å². The van der Waals surface area contributed by atoms with Gasteiger partial charge in [0.2, 0.25) is 0 Å². The molecule has 0 aromatic carbocycles. The van der Waals surface area contributed by atoms with Crippen LogP contribution in [0.3, 0.4) is 0 Å². The maximum atomic E-state index is 11.1. The van der Waals surface area contributed by atoms with Crippen LogP contribution in [-0.2, 0) is 9.47 Å². The van der Waals surface area contributed by atoms with Crippen LogP contribution in [0.5, 0.6) is 0 Å². The molecule has 0 aromatic rings. The monoisotopic (exact) mass is 243 g/mol. The second-order valence-corrected chi connectivity index (χ2v) is 7.33. The van der Waals surface area contributed by atoms with Crippen LogP contribution < -0.4 is 0 Å². The van der Waals surface area contributed by atoms with Crippen molar-refractivity contribution in [2.75, 3.05) is 0 Å². The Morgan fingerprint density at radius 1 is 0.882 bits per heavy atom. The SMILES string of the molecule is [2H][C@]12OC(C)(C)C(C)(C)[C@@]1(C)[C@@](C)(O)C(C)(C)O2. The minimum absolute atomic E-state index is 0.404. The Labute approximate surface area is 106 Å². The molecular formula is C14H26O3. The largest absolute Gasteiger partial charge is 0.386 e. The van der Waals surface area contributed by atoms with Gasteiger partial charge in [0.1, 0.15) is 5.60 Å². The van der Waals surface area contributed by atoms with E-state index in [0.29, 0.717) is 0 Å².